The zero-order valence-corrected chi connectivity index (χ0v) is 8.07. The van der Waals surface area contributed by atoms with Crippen LogP contribution in [0.25, 0.3) is 0 Å². The molecule has 1 unspecified atom stereocenters. The summed E-state index contributed by atoms with van der Waals surface area (Å²) in [5.74, 6) is -0.263. The van der Waals surface area contributed by atoms with Crippen molar-refractivity contribution in [2.75, 3.05) is 7.05 Å². The largest absolute Gasteiger partial charge is 0.357 e. The van der Waals surface area contributed by atoms with E-state index in [0.29, 0.717) is 0 Å². The summed E-state index contributed by atoms with van der Waals surface area (Å²) in [5, 5.41) is 7.19. The Kier molecular flexibility index (Phi) is 2.66. The molecule has 1 heterocycles. The number of aromatic nitrogens is 3. The molecule has 3 N–H and O–H groups in total. The molecule has 13 heavy (non-hydrogen) atoms. The van der Waals surface area contributed by atoms with Crippen molar-refractivity contribution in [3.8, 4) is 0 Å². The number of likely N-dealkylation sites (N-methyl/N-ethyl adjacent to an activating group) is 1. The van der Waals surface area contributed by atoms with Crippen LogP contribution >= 0.6 is 12.2 Å². The van der Waals surface area contributed by atoms with Crippen molar-refractivity contribution in [3.05, 3.63) is 15.3 Å². The number of nitrogens with zero attached hydrogens (tertiary/aromatic N) is 1. The lowest BCUT2D eigenvalue weighted by atomic mass is 10.3. The van der Waals surface area contributed by atoms with Crippen LogP contribution in [-0.4, -0.2) is 27.7 Å². The third-order valence-corrected chi connectivity index (χ3v) is 2.03. The molecular formula is C6H10N4O2S. The molecule has 0 aliphatic carbocycles. The highest BCUT2D eigenvalue weighted by molar-refractivity contribution is 7.71. The van der Waals surface area contributed by atoms with E-state index in [4.69, 9.17) is 12.2 Å². The van der Waals surface area contributed by atoms with Crippen LogP contribution in [0.5, 0.6) is 0 Å². The van der Waals surface area contributed by atoms with E-state index in [1.165, 1.54) is 11.6 Å². The number of carbonyl (C=O) groups is 1. The first-order valence-corrected chi connectivity index (χ1v) is 4.09. The van der Waals surface area contributed by atoms with E-state index >= 15 is 0 Å². The van der Waals surface area contributed by atoms with Gasteiger partial charge < -0.3 is 5.32 Å². The summed E-state index contributed by atoms with van der Waals surface area (Å²) in [6.07, 6.45) is 0. The fourth-order valence-electron chi connectivity index (χ4n) is 0.998. The van der Waals surface area contributed by atoms with Gasteiger partial charge in [0, 0.05) is 7.05 Å². The summed E-state index contributed by atoms with van der Waals surface area (Å²) in [6.45, 7) is 1.59. The molecule has 0 bridgehead atoms. The minimum absolute atomic E-state index is 0.209. The van der Waals surface area contributed by atoms with E-state index in [1.807, 2.05) is 0 Å². The Bertz CT molecular complexity index is 387. The van der Waals surface area contributed by atoms with Crippen molar-refractivity contribution in [2.45, 2.75) is 13.0 Å². The first-order valence-electron chi connectivity index (χ1n) is 3.68. The van der Waals surface area contributed by atoms with Gasteiger partial charge in [0.15, 0.2) is 4.77 Å². The molecule has 0 aromatic carbocycles. The van der Waals surface area contributed by atoms with Crippen LogP contribution in [0.2, 0.25) is 0 Å². The van der Waals surface area contributed by atoms with Crippen molar-refractivity contribution in [3.63, 3.8) is 0 Å². The fraction of sp³-hybridized carbons (Fsp3) is 0.500. The summed E-state index contributed by atoms with van der Waals surface area (Å²) in [7, 11) is 1.50. The Morgan fingerprint density at radius 2 is 2.23 bits per heavy atom. The maximum Gasteiger partial charge on any atom is 0.343 e. The van der Waals surface area contributed by atoms with Gasteiger partial charge in [0.25, 0.3) is 0 Å². The van der Waals surface area contributed by atoms with E-state index in [1.54, 1.807) is 6.92 Å². The van der Waals surface area contributed by atoms with Crippen LogP contribution < -0.4 is 11.0 Å². The number of hydrogen-bond acceptors (Lipinski definition) is 3. The molecule has 0 spiro atoms. The highest BCUT2D eigenvalue weighted by atomic mass is 32.1. The normalized spacial score (nSPS) is 12.5. The third-order valence-electron chi connectivity index (χ3n) is 1.73. The quantitative estimate of drug-likeness (QED) is 0.567. The standard InChI is InChI=1S/C6H10N4O2S/c1-3(4(11)7-2)10-5(12)8-9-6(10)13/h3H,1-2H3,(H,7,11)(H,8,12)(H,9,13). The van der Waals surface area contributed by atoms with Gasteiger partial charge in [0.05, 0.1) is 0 Å². The summed E-state index contributed by atoms with van der Waals surface area (Å²) in [4.78, 5) is 22.3. The van der Waals surface area contributed by atoms with E-state index < -0.39 is 11.7 Å². The molecule has 0 saturated carbocycles. The molecule has 0 radical (unpaired) electrons. The van der Waals surface area contributed by atoms with Gasteiger partial charge in [0.2, 0.25) is 5.91 Å². The number of carbonyl (C=O) groups excluding carboxylic acids is 1. The lowest BCUT2D eigenvalue weighted by molar-refractivity contribution is -0.123. The van der Waals surface area contributed by atoms with E-state index in [0.717, 1.165) is 0 Å². The van der Waals surface area contributed by atoms with Crippen molar-refractivity contribution >= 4 is 18.1 Å². The fourth-order valence-corrected chi connectivity index (χ4v) is 1.29. The predicted octanol–water partition coefficient (Wildman–Crippen LogP) is -0.459. The number of H-pyrrole nitrogens is 2. The Balaban J connectivity index is 3.15. The van der Waals surface area contributed by atoms with Gasteiger partial charge in [0.1, 0.15) is 6.04 Å². The molecule has 0 saturated heterocycles. The van der Waals surface area contributed by atoms with E-state index in [9.17, 15) is 9.59 Å². The Morgan fingerprint density at radius 3 is 2.62 bits per heavy atom. The van der Waals surface area contributed by atoms with Gasteiger partial charge in [-0.15, -0.1) is 0 Å². The van der Waals surface area contributed by atoms with Crippen LogP contribution in [0.3, 0.4) is 0 Å². The number of rotatable bonds is 2. The molecule has 1 rings (SSSR count). The lowest BCUT2D eigenvalue weighted by Gasteiger charge is -2.08. The Morgan fingerprint density at radius 1 is 1.62 bits per heavy atom. The average molecular weight is 202 g/mol. The molecule has 0 aliphatic heterocycles. The highest BCUT2D eigenvalue weighted by Crippen LogP contribution is 2.00. The van der Waals surface area contributed by atoms with Crippen molar-refractivity contribution in [1.82, 2.24) is 20.1 Å². The second-order valence-electron chi connectivity index (χ2n) is 2.52. The topological polar surface area (TPSA) is 82.7 Å². The molecular weight excluding hydrogens is 192 g/mol. The number of hydrogen-bond donors (Lipinski definition) is 3. The maximum absolute atomic E-state index is 11.2. The van der Waals surface area contributed by atoms with Crippen molar-refractivity contribution in [1.29, 1.82) is 0 Å². The maximum atomic E-state index is 11.2. The summed E-state index contributed by atoms with van der Waals surface area (Å²) >= 11 is 4.81. The van der Waals surface area contributed by atoms with Crippen molar-refractivity contribution < 1.29 is 4.79 Å². The lowest BCUT2D eigenvalue weighted by Crippen LogP contribution is -2.32. The summed E-state index contributed by atoms with van der Waals surface area (Å²) in [5.41, 5.74) is -0.416. The van der Waals surface area contributed by atoms with Crippen LogP contribution in [0.4, 0.5) is 0 Å². The highest BCUT2D eigenvalue weighted by Gasteiger charge is 2.16. The number of nitrogens with one attached hydrogen (secondary N) is 3. The molecule has 1 atom stereocenters. The van der Waals surface area contributed by atoms with Gasteiger partial charge in [-0.2, -0.15) is 0 Å². The molecule has 0 aliphatic rings. The second-order valence-corrected chi connectivity index (χ2v) is 2.91. The van der Waals surface area contributed by atoms with Crippen molar-refractivity contribution in [2.24, 2.45) is 0 Å². The zero-order valence-electron chi connectivity index (χ0n) is 7.25. The molecule has 1 amide bonds. The molecule has 72 valence electrons. The monoisotopic (exact) mass is 202 g/mol. The minimum atomic E-state index is -0.604. The third kappa shape index (κ3) is 1.69. The van der Waals surface area contributed by atoms with Crippen LogP contribution in [0.1, 0.15) is 13.0 Å². The van der Waals surface area contributed by atoms with Gasteiger partial charge in [-0.3, -0.25) is 14.5 Å². The molecule has 0 fully saturated rings. The number of amides is 1. The zero-order chi connectivity index (χ0) is 10.0. The smallest absolute Gasteiger partial charge is 0.343 e. The van der Waals surface area contributed by atoms with E-state index in [-0.39, 0.29) is 10.7 Å². The average Bonchev–Trinajstić information content (AvgIpc) is 2.44. The Labute approximate surface area is 78.9 Å². The summed E-state index contributed by atoms with van der Waals surface area (Å²) in [6, 6.07) is -0.604. The van der Waals surface area contributed by atoms with Crippen LogP contribution in [0.15, 0.2) is 4.79 Å². The van der Waals surface area contributed by atoms with Gasteiger partial charge in [-0.1, -0.05) is 0 Å². The second kappa shape index (κ2) is 3.56. The minimum Gasteiger partial charge on any atom is -0.357 e. The molecule has 7 heteroatoms. The van der Waals surface area contributed by atoms with Crippen LogP contribution in [0, 0.1) is 4.77 Å². The van der Waals surface area contributed by atoms with E-state index in [2.05, 4.69) is 15.5 Å². The molecule has 1 aromatic heterocycles. The SMILES string of the molecule is CNC(=O)C(C)n1c(=O)[nH][nH]c1=S. The first-order chi connectivity index (χ1) is 6.07. The predicted molar refractivity (Wildman–Crippen MR) is 49.0 cm³/mol. The first kappa shape index (κ1) is 9.72. The molecule has 6 nitrogen and oxygen atoms in total. The number of aromatic amines is 2. The van der Waals surface area contributed by atoms with Gasteiger partial charge in [-0.05, 0) is 19.1 Å². The summed E-state index contributed by atoms with van der Waals surface area (Å²) < 4.78 is 1.38. The van der Waals surface area contributed by atoms with Crippen LogP contribution in [-0.2, 0) is 4.79 Å². The Hall–Kier alpha value is -1.37. The van der Waals surface area contributed by atoms with Gasteiger partial charge in [-0.25, -0.2) is 9.89 Å². The van der Waals surface area contributed by atoms with Gasteiger partial charge >= 0.3 is 5.69 Å². The molecule has 1 aromatic rings.